The standard InChI is InChI=1S/C16H23N3O/c1-3-11-18(4-2)13-14-20-16-8-6-15(7-9-16)19-12-5-10-17-19/h5-10,12H,3-4,11,13-14H2,1-2H3. The van der Waals surface area contributed by atoms with Gasteiger partial charge in [0.25, 0.3) is 0 Å². The molecule has 0 fully saturated rings. The van der Waals surface area contributed by atoms with Gasteiger partial charge in [0.1, 0.15) is 12.4 Å². The minimum Gasteiger partial charge on any atom is -0.492 e. The molecule has 0 aliphatic carbocycles. The Morgan fingerprint density at radius 2 is 1.95 bits per heavy atom. The molecule has 1 heterocycles. The summed E-state index contributed by atoms with van der Waals surface area (Å²) in [6, 6.07) is 9.94. The van der Waals surface area contributed by atoms with E-state index in [9.17, 15) is 0 Å². The molecule has 1 aromatic carbocycles. The quantitative estimate of drug-likeness (QED) is 0.740. The molecule has 108 valence electrons. The number of benzene rings is 1. The normalized spacial score (nSPS) is 10.9. The van der Waals surface area contributed by atoms with Crippen molar-refractivity contribution in [3.8, 4) is 11.4 Å². The molecule has 0 bridgehead atoms. The van der Waals surface area contributed by atoms with Gasteiger partial charge in [-0.25, -0.2) is 4.68 Å². The lowest BCUT2D eigenvalue weighted by molar-refractivity contribution is 0.216. The number of ether oxygens (including phenoxy) is 1. The predicted octanol–water partition coefficient (Wildman–Crippen LogP) is 2.98. The molecule has 2 aromatic rings. The fourth-order valence-electron chi connectivity index (χ4n) is 2.15. The summed E-state index contributed by atoms with van der Waals surface area (Å²) >= 11 is 0. The van der Waals surface area contributed by atoms with Gasteiger partial charge in [0.15, 0.2) is 0 Å². The third-order valence-electron chi connectivity index (χ3n) is 3.27. The van der Waals surface area contributed by atoms with E-state index in [2.05, 4.69) is 23.8 Å². The summed E-state index contributed by atoms with van der Waals surface area (Å²) in [5.41, 5.74) is 1.04. The molecule has 0 amide bonds. The van der Waals surface area contributed by atoms with Crippen LogP contribution in [0.25, 0.3) is 5.69 Å². The van der Waals surface area contributed by atoms with Gasteiger partial charge >= 0.3 is 0 Å². The van der Waals surface area contributed by atoms with Crippen LogP contribution >= 0.6 is 0 Å². The minimum atomic E-state index is 0.731. The van der Waals surface area contributed by atoms with Crippen molar-refractivity contribution in [2.75, 3.05) is 26.2 Å². The Labute approximate surface area is 121 Å². The lowest BCUT2D eigenvalue weighted by Crippen LogP contribution is -2.28. The molecule has 0 unspecified atom stereocenters. The maximum Gasteiger partial charge on any atom is 0.119 e. The summed E-state index contributed by atoms with van der Waals surface area (Å²) in [6.45, 7) is 8.32. The molecule has 0 saturated carbocycles. The predicted molar refractivity (Wildman–Crippen MR) is 81.5 cm³/mol. The zero-order valence-electron chi connectivity index (χ0n) is 12.3. The van der Waals surface area contributed by atoms with Gasteiger partial charge in [0.05, 0.1) is 5.69 Å². The molecule has 4 heteroatoms. The van der Waals surface area contributed by atoms with Crippen LogP contribution in [0.1, 0.15) is 20.3 Å². The van der Waals surface area contributed by atoms with Crippen LogP contribution in [0.4, 0.5) is 0 Å². The highest BCUT2D eigenvalue weighted by Crippen LogP contribution is 2.14. The first-order valence-electron chi connectivity index (χ1n) is 7.28. The molecule has 0 saturated heterocycles. The molecular weight excluding hydrogens is 250 g/mol. The largest absolute Gasteiger partial charge is 0.492 e. The van der Waals surface area contributed by atoms with Crippen LogP contribution in [-0.4, -0.2) is 40.9 Å². The summed E-state index contributed by atoms with van der Waals surface area (Å²) in [5, 5.41) is 4.20. The van der Waals surface area contributed by atoms with Gasteiger partial charge in [-0.3, -0.25) is 0 Å². The highest BCUT2D eigenvalue weighted by atomic mass is 16.5. The highest BCUT2D eigenvalue weighted by molar-refractivity contribution is 5.36. The lowest BCUT2D eigenvalue weighted by Gasteiger charge is -2.19. The second-order valence-corrected chi connectivity index (χ2v) is 4.73. The monoisotopic (exact) mass is 273 g/mol. The molecule has 1 aromatic heterocycles. The molecule has 0 aliphatic heterocycles. The second kappa shape index (κ2) is 7.70. The van der Waals surface area contributed by atoms with Crippen molar-refractivity contribution >= 4 is 0 Å². The zero-order valence-corrected chi connectivity index (χ0v) is 12.3. The Kier molecular flexibility index (Phi) is 5.62. The molecule has 20 heavy (non-hydrogen) atoms. The first kappa shape index (κ1) is 14.6. The van der Waals surface area contributed by atoms with Crippen LogP contribution in [0.3, 0.4) is 0 Å². The van der Waals surface area contributed by atoms with Gasteiger partial charge in [-0.1, -0.05) is 13.8 Å². The SMILES string of the molecule is CCCN(CC)CCOc1ccc(-n2cccn2)cc1. The van der Waals surface area contributed by atoms with Crippen LogP contribution in [0.5, 0.6) is 5.75 Å². The first-order valence-corrected chi connectivity index (χ1v) is 7.28. The van der Waals surface area contributed by atoms with Gasteiger partial charge in [-0.05, 0) is 49.8 Å². The summed E-state index contributed by atoms with van der Waals surface area (Å²) in [6.07, 6.45) is 4.89. The van der Waals surface area contributed by atoms with Gasteiger partial charge in [-0.15, -0.1) is 0 Å². The van der Waals surface area contributed by atoms with Crippen molar-refractivity contribution in [3.63, 3.8) is 0 Å². The molecular formula is C16H23N3O. The van der Waals surface area contributed by atoms with E-state index in [0.29, 0.717) is 0 Å². The maximum atomic E-state index is 5.79. The number of hydrogen-bond acceptors (Lipinski definition) is 3. The fourth-order valence-corrected chi connectivity index (χ4v) is 2.15. The van der Waals surface area contributed by atoms with E-state index in [4.69, 9.17) is 4.74 Å². The molecule has 0 atom stereocenters. The third-order valence-corrected chi connectivity index (χ3v) is 3.27. The van der Waals surface area contributed by atoms with Crippen LogP contribution in [0, 0.1) is 0 Å². The van der Waals surface area contributed by atoms with E-state index < -0.39 is 0 Å². The smallest absolute Gasteiger partial charge is 0.119 e. The second-order valence-electron chi connectivity index (χ2n) is 4.73. The molecule has 2 rings (SSSR count). The van der Waals surface area contributed by atoms with E-state index in [-0.39, 0.29) is 0 Å². The fraction of sp³-hybridized carbons (Fsp3) is 0.438. The number of hydrogen-bond donors (Lipinski definition) is 0. The lowest BCUT2D eigenvalue weighted by atomic mass is 10.3. The average Bonchev–Trinajstić information content (AvgIpc) is 3.01. The molecule has 0 aliphatic rings. The Bertz CT molecular complexity index is 479. The summed E-state index contributed by atoms with van der Waals surface area (Å²) in [4.78, 5) is 2.40. The third kappa shape index (κ3) is 4.10. The zero-order chi connectivity index (χ0) is 14.2. The Hall–Kier alpha value is -1.81. The number of nitrogens with zero attached hydrogens (tertiary/aromatic N) is 3. The van der Waals surface area contributed by atoms with E-state index in [1.165, 1.54) is 6.42 Å². The van der Waals surface area contributed by atoms with Crippen LogP contribution < -0.4 is 4.74 Å². The Morgan fingerprint density at radius 1 is 1.15 bits per heavy atom. The average molecular weight is 273 g/mol. The Morgan fingerprint density at radius 3 is 2.55 bits per heavy atom. The van der Waals surface area contributed by atoms with Gasteiger partial charge in [0.2, 0.25) is 0 Å². The summed E-state index contributed by atoms with van der Waals surface area (Å²) in [7, 11) is 0. The molecule has 0 radical (unpaired) electrons. The number of aromatic nitrogens is 2. The first-order chi connectivity index (χ1) is 9.83. The summed E-state index contributed by atoms with van der Waals surface area (Å²) in [5.74, 6) is 0.911. The van der Waals surface area contributed by atoms with E-state index in [1.807, 2.05) is 41.2 Å². The van der Waals surface area contributed by atoms with Crippen molar-refractivity contribution in [1.29, 1.82) is 0 Å². The van der Waals surface area contributed by atoms with Crippen LogP contribution in [0.15, 0.2) is 42.7 Å². The topological polar surface area (TPSA) is 30.3 Å². The number of rotatable bonds is 8. The van der Waals surface area contributed by atoms with Crippen molar-refractivity contribution in [2.45, 2.75) is 20.3 Å². The van der Waals surface area contributed by atoms with E-state index in [1.54, 1.807) is 6.20 Å². The van der Waals surface area contributed by atoms with E-state index in [0.717, 1.165) is 37.7 Å². The minimum absolute atomic E-state index is 0.731. The highest BCUT2D eigenvalue weighted by Gasteiger charge is 2.02. The summed E-state index contributed by atoms with van der Waals surface area (Å²) < 4.78 is 7.62. The van der Waals surface area contributed by atoms with Crippen LogP contribution in [0.2, 0.25) is 0 Å². The van der Waals surface area contributed by atoms with Crippen molar-refractivity contribution in [2.24, 2.45) is 0 Å². The van der Waals surface area contributed by atoms with Crippen molar-refractivity contribution in [3.05, 3.63) is 42.7 Å². The Balaban J connectivity index is 1.82. The van der Waals surface area contributed by atoms with Gasteiger partial charge < -0.3 is 9.64 Å². The van der Waals surface area contributed by atoms with Gasteiger partial charge in [-0.2, -0.15) is 5.10 Å². The van der Waals surface area contributed by atoms with Crippen LogP contribution in [-0.2, 0) is 0 Å². The van der Waals surface area contributed by atoms with Gasteiger partial charge in [0, 0.05) is 18.9 Å². The van der Waals surface area contributed by atoms with Crippen molar-refractivity contribution in [1.82, 2.24) is 14.7 Å². The maximum absolute atomic E-state index is 5.79. The molecule has 0 N–H and O–H groups in total. The molecule has 0 spiro atoms. The van der Waals surface area contributed by atoms with E-state index >= 15 is 0 Å². The van der Waals surface area contributed by atoms with Crippen molar-refractivity contribution < 1.29 is 4.74 Å². The number of likely N-dealkylation sites (N-methyl/N-ethyl adjacent to an activating group) is 1. The molecule has 4 nitrogen and oxygen atoms in total.